The highest BCUT2D eigenvalue weighted by Gasteiger charge is 2.07. The lowest BCUT2D eigenvalue weighted by Gasteiger charge is -2.02. The number of hydrogen-bond acceptors (Lipinski definition) is 2. The van der Waals surface area contributed by atoms with Crippen molar-refractivity contribution in [1.82, 2.24) is 0 Å². The Hall–Kier alpha value is -1.03. The van der Waals surface area contributed by atoms with E-state index in [1.54, 1.807) is 17.8 Å². The summed E-state index contributed by atoms with van der Waals surface area (Å²) < 4.78 is 12.6. The highest BCUT2D eigenvalue weighted by atomic mass is 35.5. The Morgan fingerprint density at radius 1 is 1.10 bits per heavy atom. The van der Waals surface area contributed by atoms with E-state index in [1.807, 2.05) is 61.7 Å². The van der Waals surface area contributed by atoms with Gasteiger partial charge in [-0.1, -0.05) is 41.4 Å². The van der Waals surface area contributed by atoms with E-state index in [0.717, 1.165) is 16.0 Å². The van der Waals surface area contributed by atoms with Crippen LogP contribution in [0.1, 0.15) is 11.1 Å². The summed E-state index contributed by atoms with van der Waals surface area (Å²) in [7, 11) is -1.32. The van der Waals surface area contributed by atoms with Gasteiger partial charge in [0.1, 0.15) is 4.36 Å². The van der Waals surface area contributed by atoms with Crippen molar-refractivity contribution in [2.75, 3.05) is 6.26 Å². The maximum absolute atomic E-state index is 12.3. The van der Waals surface area contributed by atoms with E-state index in [1.165, 1.54) is 4.90 Å². The first-order valence-corrected chi connectivity index (χ1v) is 8.85. The molecular formula is C16H15ClOS2. The van der Waals surface area contributed by atoms with Crippen LogP contribution in [0.2, 0.25) is 0 Å². The van der Waals surface area contributed by atoms with Crippen molar-refractivity contribution < 1.29 is 4.21 Å². The van der Waals surface area contributed by atoms with E-state index in [2.05, 4.69) is 0 Å². The molecule has 2 aromatic rings. The molecular weight excluding hydrogens is 308 g/mol. The van der Waals surface area contributed by atoms with E-state index in [4.69, 9.17) is 11.6 Å². The Labute approximate surface area is 131 Å². The zero-order valence-corrected chi connectivity index (χ0v) is 13.7. The summed E-state index contributed by atoms with van der Waals surface area (Å²) in [5, 5.41) is 0. The minimum absolute atomic E-state index is 0.339. The van der Waals surface area contributed by atoms with Gasteiger partial charge in [0.15, 0.2) is 0 Å². The van der Waals surface area contributed by atoms with E-state index >= 15 is 0 Å². The average Bonchev–Trinajstić information content (AvgIpc) is 2.48. The van der Waals surface area contributed by atoms with E-state index < -0.39 is 10.8 Å². The third-order valence-electron chi connectivity index (χ3n) is 2.81. The number of hydrogen-bond donors (Lipinski definition) is 0. The van der Waals surface area contributed by atoms with Crippen LogP contribution >= 0.6 is 23.4 Å². The molecule has 0 saturated heterocycles. The SMILES string of the molecule is CSc1ccc(/C=C(/Cl)S(=O)c2ccc(C)cc2)cc1. The maximum atomic E-state index is 12.3. The molecule has 0 bridgehead atoms. The highest BCUT2D eigenvalue weighted by Crippen LogP contribution is 2.22. The van der Waals surface area contributed by atoms with Gasteiger partial charge in [0.25, 0.3) is 0 Å². The first-order chi connectivity index (χ1) is 9.60. The maximum Gasteiger partial charge on any atom is 0.110 e. The van der Waals surface area contributed by atoms with Crippen molar-refractivity contribution in [2.24, 2.45) is 0 Å². The van der Waals surface area contributed by atoms with Gasteiger partial charge >= 0.3 is 0 Å². The summed E-state index contributed by atoms with van der Waals surface area (Å²) in [5.41, 5.74) is 2.09. The van der Waals surface area contributed by atoms with Gasteiger partial charge in [-0.25, -0.2) is 4.21 Å². The number of rotatable bonds is 4. The lowest BCUT2D eigenvalue weighted by molar-refractivity contribution is 0.688. The monoisotopic (exact) mass is 322 g/mol. The van der Waals surface area contributed by atoms with Crippen LogP contribution < -0.4 is 0 Å². The van der Waals surface area contributed by atoms with Crippen molar-refractivity contribution in [2.45, 2.75) is 16.7 Å². The predicted octanol–water partition coefficient (Wildman–Crippen LogP) is 5.06. The van der Waals surface area contributed by atoms with Crippen molar-refractivity contribution in [3.63, 3.8) is 0 Å². The molecule has 4 heteroatoms. The largest absolute Gasteiger partial charge is 0.248 e. The van der Waals surface area contributed by atoms with E-state index in [-0.39, 0.29) is 0 Å². The Bertz CT molecular complexity index is 631. The van der Waals surface area contributed by atoms with Crippen LogP contribution in [0, 0.1) is 6.92 Å². The molecule has 2 rings (SSSR count). The minimum Gasteiger partial charge on any atom is -0.248 e. The van der Waals surface area contributed by atoms with Crippen molar-refractivity contribution in [1.29, 1.82) is 0 Å². The second-order valence-electron chi connectivity index (χ2n) is 4.30. The number of aryl methyl sites for hydroxylation is 1. The van der Waals surface area contributed by atoms with Crippen molar-refractivity contribution in [3.05, 3.63) is 64.0 Å². The molecule has 0 radical (unpaired) electrons. The Kier molecular flexibility index (Phi) is 5.46. The van der Waals surface area contributed by atoms with Crippen molar-refractivity contribution >= 4 is 40.2 Å². The molecule has 2 aromatic carbocycles. The highest BCUT2D eigenvalue weighted by molar-refractivity contribution is 7.98. The number of halogens is 1. The van der Waals surface area contributed by atoms with Gasteiger partial charge in [-0.15, -0.1) is 11.8 Å². The molecule has 0 aliphatic carbocycles. The lowest BCUT2D eigenvalue weighted by Crippen LogP contribution is -1.91. The smallest absolute Gasteiger partial charge is 0.110 e. The lowest BCUT2D eigenvalue weighted by atomic mass is 10.2. The first-order valence-electron chi connectivity index (χ1n) is 6.10. The normalized spacial score (nSPS) is 13.2. The second-order valence-corrected chi connectivity index (χ2v) is 7.26. The minimum atomic E-state index is -1.32. The molecule has 20 heavy (non-hydrogen) atoms. The van der Waals surface area contributed by atoms with Crippen LogP contribution in [0.4, 0.5) is 0 Å². The molecule has 0 fully saturated rings. The van der Waals surface area contributed by atoms with E-state index in [9.17, 15) is 4.21 Å². The standard InChI is InChI=1S/C16H15ClOS2/c1-12-3-9-15(10-4-12)20(18)16(17)11-13-5-7-14(19-2)8-6-13/h3-11H,1-2H3/b16-11-. The van der Waals surface area contributed by atoms with E-state index in [0.29, 0.717) is 4.36 Å². The molecule has 0 aliphatic rings. The molecule has 0 heterocycles. The topological polar surface area (TPSA) is 17.1 Å². The van der Waals surface area contributed by atoms with Crippen molar-refractivity contribution in [3.8, 4) is 0 Å². The molecule has 0 amide bonds. The number of thioether (sulfide) groups is 1. The van der Waals surface area contributed by atoms with Gasteiger partial charge in [-0.3, -0.25) is 0 Å². The van der Waals surface area contributed by atoms with Crippen LogP contribution in [-0.4, -0.2) is 10.5 Å². The molecule has 0 N–H and O–H groups in total. The molecule has 0 saturated carbocycles. The fraction of sp³-hybridized carbons (Fsp3) is 0.125. The molecule has 104 valence electrons. The van der Waals surface area contributed by atoms with Gasteiger partial charge in [-0.2, -0.15) is 0 Å². The Morgan fingerprint density at radius 3 is 2.25 bits per heavy atom. The fourth-order valence-corrected chi connectivity index (χ4v) is 3.31. The summed E-state index contributed by atoms with van der Waals surface area (Å²) >= 11 is 7.86. The summed E-state index contributed by atoms with van der Waals surface area (Å²) in [4.78, 5) is 1.91. The molecule has 0 aromatic heterocycles. The molecule has 0 aliphatic heterocycles. The second kappa shape index (κ2) is 7.11. The van der Waals surface area contributed by atoms with Crippen LogP contribution in [0.5, 0.6) is 0 Å². The van der Waals surface area contributed by atoms with Crippen LogP contribution in [0.15, 0.2) is 62.7 Å². The van der Waals surface area contributed by atoms with Gasteiger partial charge in [0.05, 0.1) is 10.8 Å². The fourth-order valence-electron chi connectivity index (χ4n) is 1.66. The summed E-state index contributed by atoms with van der Waals surface area (Å²) in [5.74, 6) is 0. The summed E-state index contributed by atoms with van der Waals surface area (Å²) in [6.45, 7) is 2.00. The Balaban J connectivity index is 2.20. The predicted molar refractivity (Wildman–Crippen MR) is 89.6 cm³/mol. The third kappa shape index (κ3) is 3.98. The summed E-state index contributed by atoms with van der Waals surface area (Å²) in [6, 6.07) is 15.6. The summed E-state index contributed by atoms with van der Waals surface area (Å²) in [6.07, 6.45) is 3.78. The molecule has 1 nitrogen and oxygen atoms in total. The zero-order chi connectivity index (χ0) is 14.5. The van der Waals surface area contributed by atoms with Crippen LogP contribution in [-0.2, 0) is 10.8 Å². The molecule has 1 unspecified atom stereocenters. The third-order valence-corrected chi connectivity index (χ3v) is 5.25. The Morgan fingerprint density at radius 2 is 1.70 bits per heavy atom. The first kappa shape index (κ1) is 15.4. The average molecular weight is 323 g/mol. The van der Waals surface area contributed by atoms with Gasteiger partial charge < -0.3 is 0 Å². The zero-order valence-electron chi connectivity index (χ0n) is 11.3. The van der Waals surface area contributed by atoms with Gasteiger partial charge in [-0.05, 0) is 49.1 Å². The quantitative estimate of drug-likeness (QED) is 0.732. The van der Waals surface area contributed by atoms with Gasteiger partial charge in [0, 0.05) is 9.79 Å². The van der Waals surface area contributed by atoms with Gasteiger partial charge in [0.2, 0.25) is 0 Å². The van der Waals surface area contributed by atoms with Crippen LogP contribution in [0.25, 0.3) is 6.08 Å². The number of benzene rings is 2. The van der Waals surface area contributed by atoms with Crippen LogP contribution in [0.3, 0.4) is 0 Å². The molecule has 1 atom stereocenters. The molecule has 0 spiro atoms.